The maximum atomic E-state index is 11.1. The molecule has 0 aromatic carbocycles. The molecular formula is C22H27N7O2. The van der Waals surface area contributed by atoms with Crippen molar-refractivity contribution in [2.45, 2.75) is 38.6 Å². The van der Waals surface area contributed by atoms with Crippen LogP contribution in [-0.2, 0) is 4.79 Å². The average molecular weight is 422 g/mol. The summed E-state index contributed by atoms with van der Waals surface area (Å²) in [5.41, 5.74) is 1.37. The fraction of sp³-hybridized carbons (Fsp3) is 0.409. The van der Waals surface area contributed by atoms with Gasteiger partial charge in [-0.25, -0.2) is 19.9 Å². The summed E-state index contributed by atoms with van der Waals surface area (Å²) in [4.78, 5) is 28.5. The van der Waals surface area contributed by atoms with Gasteiger partial charge in [0.2, 0.25) is 17.7 Å². The van der Waals surface area contributed by atoms with Gasteiger partial charge in [-0.2, -0.15) is 0 Å². The first-order chi connectivity index (χ1) is 15.1. The normalized spacial score (nSPS) is 18.4. The summed E-state index contributed by atoms with van der Waals surface area (Å²) in [7, 11) is 1.61. The molecule has 9 heteroatoms. The molecule has 0 aliphatic heterocycles. The highest BCUT2D eigenvalue weighted by Crippen LogP contribution is 2.28. The van der Waals surface area contributed by atoms with Crippen LogP contribution >= 0.6 is 0 Å². The van der Waals surface area contributed by atoms with E-state index < -0.39 is 0 Å². The molecule has 3 aromatic rings. The van der Waals surface area contributed by atoms with E-state index in [-0.39, 0.29) is 5.91 Å². The van der Waals surface area contributed by atoms with Crippen LogP contribution in [0, 0.1) is 5.92 Å². The van der Waals surface area contributed by atoms with Crippen molar-refractivity contribution in [2.75, 3.05) is 29.6 Å². The zero-order valence-corrected chi connectivity index (χ0v) is 17.8. The van der Waals surface area contributed by atoms with E-state index in [2.05, 4.69) is 30.9 Å². The summed E-state index contributed by atoms with van der Waals surface area (Å²) >= 11 is 0. The Hall–Kier alpha value is -3.49. The number of methoxy groups -OCH3 is 1. The molecule has 0 unspecified atom stereocenters. The number of carbonyl (C=O) groups excluding carboxylic acids is 1. The lowest BCUT2D eigenvalue weighted by Gasteiger charge is -2.29. The quantitative estimate of drug-likeness (QED) is 0.531. The number of ether oxygens (including phenoxy) is 1. The molecule has 3 aromatic heterocycles. The summed E-state index contributed by atoms with van der Waals surface area (Å²) in [5.74, 6) is 2.42. The van der Waals surface area contributed by atoms with Crippen molar-refractivity contribution in [2.24, 2.45) is 5.92 Å². The Labute approximate surface area is 181 Å². The van der Waals surface area contributed by atoms with Gasteiger partial charge in [0.25, 0.3) is 0 Å². The smallest absolute Gasteiger partial charge is 0.240 e. The highest BCUT2D eigenvalue weighted by Gasteiger charge is 2.21. The highest BCUT2D eigenvalue weighted by atomic mass is 16.5. The largest absolute Gasteiger partial charge is 0.479 e. The highest BCUT2D eigenvalue weighted by molar-refractivity contribution is 5.88. The van der Waals surface area contributed by atoms with Crippen molar-refractivity contribution >= 4 is 34.3 Å². The van der Waals surface area contributed by atoms with Gasteiger partial charge in [-0.3, -0.25) is 4.79 Å². The Morgan fingerprint density at radius 1 is 1.10 bits per heavy atom. The number of rotatable bonds is 7. The van der Waals surface area contributed by atoms with Crippen molar-refractivity contribution in [3.05, 3.63) is 36.8 Å². The number of carbonyl (C=O) groups is 1. The lowest BCUT2D eigenvalue weighted by atomic mass is 9.86. The minimum absolute atomic E-state index is 0.135. The number of anilines is 3. The Morgan fingerprint density at radius 2 is 1.87 bits per heavy atom. The number of amides is 1. The molecule has 1 saturated carbocycles. The summed E-state index contributed by atoms with van der Waals surface area (Å²) in [5, 5.41) is 10.5. The molecule has 1 aliphatic carbocycles. The van der Waals surface area contributed by atoms with Crippen LogP contribution in [0.5, 0.6) is 5.88 Å². The third-order valence-corrected chi connectivity index (χ3v) is 5.49. The van der Waals surface area contributed by atoms with E-state index in [1.54, 1.807) is 25.7 Å². The second-order valence-electron chi connectivity index (χ2n) is 7.81. The summed E-state index contributed by atoms with van der Waals surface area (Å²) < 4.78 is 5.34. The minimum atomic E-state index is -0.135. The minimum Gasteiger partial charge on any atom is -0.479 e. The number of aromatic nitrogens is 4. The second-order valence-corrected chi connectivity index (χ2v) is 7.81. The molecule has 0 radical (unpaired) electrons. The Balaban J connectivity index is 1.26. The number of hydrogen-bond acceptors (Lipinski definition) is 8. The Bertz CT molecular complexity index is 1030. The van der Waals surface area contributed by atoms with Crippen LogP contribution in [0.4, 0.5) is 17.5 Å². The second kappa shape index (κ2) is 9.55. The summed E-state index contributed by atoms with van der Waals surface area (Å²) in [6.45, 7) is 2.30. The molecule has 4 rings (SSSR count). The first-order valence-corrected chi connectivity index (χ1v) is 10.5. The van der Waals surface area contributed by atoms with E-state index >= 15 is 0 Å². The molecule has 0 spiro atoms. The number of hydrogen-bond donors (Lipinski definition) is 3. The summed E-state index contributed by atoms with van der Waals surface area (Å²) in [6.07, 6.45) is 9.35. The standard InChI is InChI=1S/C22H27N7O2/c1-14(30)27-18-12-25-22(26-13-18)24-11-15-3-6-17(7-4-15)28-19-8-5-16-9-10-23-21(31-2)20(16)29-19/h5,8-10,12-13,15,17H,3-4,6-7,11H2,1-2H3,(H,27,30)(H,28,29)(H,24,25,26)/t15-,17-. The van der Waals surface area contributed by atoms with Crippen LogP contribution < -0.4 is 20.7 Å². The van der Waals surface area contributed by atoms with Gasteiger partial charge >= 0.3 is 0 Å². The maximum absolute atomic E-state index is 11.1. The molecule has 3 N–H and O–H groups in total. The fourth-order valence-electron chi connectivity index (χ4n) is 3.89. The topological polar surface area (TPSA) is 114 Å². The van der Waals surface area contributed by atoms with Gasteiger partial charge in [0, 0.05) is 31.1 Å². The van der Waals surface area contributed by atoms with E-state index in [9.17, 15) is 4.79 Å². The van der Waals surface area contributed by atoms with Crippen LogP contribution in [0.3, 0.4) is 0 Å². The molecule has 31 heavy (non-hydrogen) atoms. The van der Waals surface area contributed by atoms with E-state index in [4.69, 9.17) is 9.72 Å². The third kappa shape index (κ3) is 5.36. The van der Waals surface area contributed by atoms with Crippen molar-refractivity contribution in [3.8, 4) is 5.88 Å². The van der Waals surface area contributed by atoms with E-state index in [1.165, 1.54) is 6.92 Å². The predicted octanol–water partition coefficient (Wildman–Crippen LogP) is 3.47. The number of nitrogens with one attached hydrogen (secondary N) is 3. The van der Waals surface area contributed by atoms with Gasteiger partial charge < -0.3 is 20.7 Å². The number of fused-ring (bicyclic) bond motifs is 1. The lowest BCUT2D eigenvalue weighted by Crippen LogP contribution is -2.29. The third-order valence-electron chi connectivity index (χ3n) is 5.49. The molecule has 0 bridgehead atoms. The number of nitrogens with zero attached hydrogens (tertiary/aromatic N) is 4. The van der Waals surface area contributed by atoms with Gasteiger partial charge in [0.1, 0.15) is 11.3 Å². The Kier molecular flexibility index (Phi) is 6.40. The van der Waals surface area contributed by atoms with Gasteiger partial charge in [-0.1, -0.05) is 0 Å². The molecular weight excluding hydrogens is 394 g/mol. The lowest BCUT2D eigenvalue weighted by molar-refractivity contribution is -0.114. The molecule has 9 nitrogen and oxygen atoms in total. The van der Waals surface area contributed by atoms with E-state index in [1.807, 2.05) is 18.2 Å². The zero-order valence-electron chi connectivity index (χ0n) is 17.8. The molecule has 0 saturated heterocycles. The van der Waals surface area contributed by atoms with Crippen LogP contribution in [0.1, 0.15) is 32.6 Å². The van der Waals surface area contributed by atoms with Gasteiger partial charge in [0.15, 0.2) is 0 Å². The molecule has 1 aliphatic rings. The fourth-order valence-corrected chi connectivity index (χ4v) is 3.89. The summed E-state index contributed by atoms with van der Waals surface area (Å²) in [6, 6.07) is 6.39. The van der Waals surface area contributed by atoms with E-state index in [0.29, 0.717) is 29.5 Å². The predicted molar refractivity (Wildman–Crippen MR) is 120 cm³/mol. The van der Waals surface area contributed by atoms with Crippen molar-refractivity contribution < 1.29 is 9.53 Å². The average Bonchev–Trinajstić information content (AvgIpc) is 2.79. The monoisotopic (exact) mass is 421 g/mol. The van der Waals surface area contributed by atoms with Crippen LogP contribution in [-0.4, -0.2) is 45.5 Å². The van der Waals surface area contributed by atoms with Gasteiger partial charge in [0.05, 0.1) is 25.2 Å². The SMILES string of the molecule is COc1nccc2ccc(N[C@H]3CC[C@H](CNc4ncc(NC(C)=O)cn4)CC3)nc12. The molecule has 162 valence electrons. The van der Waals surface area contributed by atoms with Crippen LogP contribution in [0.15, 0.2) is 36.8 Å². The first-order valence-electron chi connectivity index (χ1n) is 10.5. The molecule has 3 heterocycles. The Morgan fingerprint density at radius 3 is 2.58 bits per heavy atom. The van der Waals surface area contributed by atoms with Gasteiger partial charge in [-0.05, 0) is 49.8 Å². The molecule has 0 atom stereocenters. The van der Waals surface area contributed by atoms with E-state index in [0.717, 1.165) is 48.9 Å². The number of pyridine rings is 2. The zero-order chi connectivity index (χ0) is 21.6. The van der Waals surface area contributed by atoms with Crippen molar-refractivity contribution in [1.29, 1.82) is 0 Å². The first kappa shape index (κ1) is 20.8. The van der Waals surface area contributed by atoms with Gasteiger partial charge in [-0.15, -0.1) is 0 Å². The van der Waals surface area contributed by atoms with Crippen molar-refractivity contribution in [1.82, 2.24) is 19.9 Å². The van der Waals surface area contributed by atoms with Crippen LogP contribution in [0.2, 0.25) is 0 Å². The van der Waals surface area contributed by atoms with Crippen molar-refractivity contribution in [3.63, 3.8) is 0 Å². The van der Waals surface area contributed by atoms with Crippen LogP contribution in [0.25, 0.3) is 10.9 Å². The molecule has 1 amide bonds. The molecule has 1 fully saturated rings. The maximum Gasteiger partial charge on any atom is 0.240 e.